The van der Waals surface area contributed by atoms with Gasteiger partial charge < -0.3 is 5.11 Å². The highest BCUT2D eigenvalue weighted by molar-refractivity contribution is 7.91. The maximum absolute atomic E-state index is 12.1. The van der Waals surface area contributed by atoms with Gasteiger partial charge in [-0.1, -0.05) is 12.1 Å². The van der Waals surface area contributed by atoms with Crippen molar-refractivity contribution in [1.29, 1.82) is 0 Å². The Bertz CT molecular complexity index is 755. The number of carbonyl (C=O) groups is 1. The summed E-state index contributed by atoms with van der Waals surface area (Å²) in [5.74, 6) is -1.27. The summed E-state index contributed by atoms with van der Waals surface area (Å²) in [6.07, 6.45) is 1.52. The molecule has 6 nitrogen and oxygen atoms in total. The average Bonchev–Trinajstić information content (AvgIpc) is 2.38. The molecule has 2 N–H and O–H groups in total. The number of sulfonamides is 1. The Morgan fingerprint density at radius 3 is 2.48 bits per heavy atom. The molecule has 1 heterocycles. The van der Waals surface area contributed by atoms with Crippen molar-refractivity contribution in [3.05, 3.63) is 59.4 Å². The topological polar surface area (TPSA) is 96.4 Å². The van der Waals surface area contributed by atoms with Crippen molar-refractivity contribution in [3.8, 4) is 0 Å². The van der Waals surface area contributed by atoms with Crippen LogP contribution in [0.2, 0.25) is 0 Å². The molecular formula is C14H14N2O4S. The van der Waals surface area contributed by atoms with Crippen LogP contribution in [-0.2, 0) is 15.8 Å². The van der Waals surface area contributed by atoms with Crippen LogP contribution in [0.25, 0.3) is 0 Å². The van der Waals surface area contributed by atoms with Crippen LogP contribution < -0.4 is 4.72 Å². The first-order valence-electron chi connectivity index (χ1n) is 6.11. The van der Waals surface area contributed by atoms with Crippen LogP contribution in [0.5, 0.6) is 0 Å². The van der Waals surface area contributed by atoms with E-state index in [0.717, 1.165) is 0 Å². The third-order valence-corrected chi connectivity index (χ3v) is 3.99. The molecule has 0 radical (unpaired) electrons. The van der Waals surface area contributed by atoms with Crippen LogP contribution in [-0.4, -0.2) is 24.5 Å². The third kappa shape index (κ3) is 4.28. The molecule has 7 heteroatoms. The molecule has 21 heavy (non-hydrogen) atoms. The fraction of sp³-hybridized carbons (Fsp3) is 0.143. The van der Waals surface area contributed by atoms with E-state index in [-0.39, 0.29) is 11.3 Å². The number of carboxylic acids is 1. The Kier molecular flexibility index (Phi) is 4.23. The van der Waals surface area contributed by atoms with Crippen molar-refractivity contribution in [3.63, 3.8) is 0 Å². The lowest BCUT2D eigenvalue weighted by Crippen LogP contribution is -2.15. The first-order valence-corrected chi connectivity index (χ1v) is 7.76. The van der Waals surface area contributed by atoms with Crippen molar-refractivity contribution >= 4 is 21.7 Å². The predicted octanol–water partition coefficient (Wildman–Crippen LogP) is 2.03. The summed E-state index contributed by atoms with van der Waals surface area (Å²) in [4.78, 5) is 14.7. The Hall–Kier alpha value is -2.41. The minimum Gasteiger partial charge on any atom is -0.478 e. The summed E-state index contributed by atoms with van der Waals surface area (Å²) >= 11 is 0. The van der Waals surface area contributed by atoms with E-state index in [1.807, 2.05) is 0 Å². The molecular weight excluding hydrogens is 292 g/mol. The fourth-order valence-corrected chi connectivity index (χ4v) is 2.98. The summed E-state index contributed by atoms with van der Waals surface area (Å²) in [5.41, 5.74) is 1.79. The molecule has 2 rings (SSSR count). The van der Waals surface area contributed by atoms with Crippen LogP contribution in [0.4, 0.5) is 5.69 Å². The number of hydrogen-bond acceptors (Lipinski definition) is 4. The molecule has 0 aliphatic heterocycles. The molecule has 110 valence electrons. The number of carboxylic acid groups (broad SMARTS) is 1. The lowest BCUT2D eigenvalue weighted by atomic mass is 10.1. The number of anilines is 1. The van der Waals surface area contributed by atoms with E-state index >= 15 is 0 Å². The number of benzene rings is 1. The fourth-order valence-electron chi connectivity index (χ4n) is 1.79. The molecule has 0 bridgehead atoms. The highest BCUT2D eigenvalue weighted by Crippen LogP contribution is 2.13. The number of nitrogens with zero attached hydrogens (tertiary/aromatic N) is 1. The molecule has 1 aromatic heterocycles. The standard InChI is InChI=1S/C14H14N2O4S/c1-10-8-13(6-7-15-10)16-21(19,20)9-11-2-4-12(5-3-11)14(17)18/h2-8H,9H2,1H3,(H,15,16)(H,17,18). The number of hydrogen-bond donors (Lipinski definition) is 2. The second kappa shape index (κ2) is 5.92. The van der Waals surface area contributed by atoms with E-state index in [4.69, 9.17) is 5.11 Å². The van der Waals surface area contributed by atoms with Gasteiger partial charge in [0.1, 0.15) is 0 Å². The van der Waals surface area contributed by atoms with Gasteiger partial charge in [0.2, 0.25) is 10.0 Å². The zero-order valence-electron chi connectivity index (χ0n) is 11.3. The van der Waals surface area contributed by atoms with Crippen LogP contribution >= 0.6 is 0 Å². The molecule has 0 unspecified atom stereocenters. The van der Waals surface area contributed by atoms with Gasteiger partial charge in [-0.25, -0.2) is 13.2 Å². The van der Waals surface area contributed by atoms with Crippen LogP contribution in [0, 0.1) is 6.92 Å². The van der Waals surface area contributed by atoms with Gasteiger partial charge in [0.05, 0.1) is 17.0 Å². The second-order valence-electron chi connectivity index (χ2n) is 4.55. The van der Waals surface area contributed by atoms with Crippen molar-refractivity contribution in [2.45, 2.75) is 12.7 Å². The normalized spacial score (nSPS) is 11.1. The van der Waals surface area contributed by atoms with Gasteiger partial charge in [0.15, 0.2) is 0 Å². The summed E-state index contributed by atoms with van der Waals surface area (Å²) in [7, 11) is -3.56. The van der Waals surface area contributed by atoms with Crippen molar-refractivity contribution in [2.24, 2.45) is 0 Å². The van der Waals surface area contributed by atoms with E-state index < -0.39 is 16.0 Å². The van der Waals surface area contributed by atoms with Crippen molar-refractivity contribution in [2.75, 3.05) is 4.72 Å². The first kappa shape index (κ1) is 15.0. The SMILES string of the molecule is Cc1cc(NS(=O)(=O)Cc2ccc(C(=O)O)cc2)ccn1. The zero-order valence-corrected chi connectivity index (χ0v) is 12.1. The quantitative estimate of drug-likeness (QED) is 0.881. The highest BCUT2D eigenvalue weighted by Gasteiger charge is 2.12. The lowest BCUT2D eigenvalue weighted by molar-refractivity contribution is 0.0697. The van der Waals surface area contributed by atoms with E-state index in [9.17, 15) is 13.2 Å². The zero-order chi connectivity index (χ0) is 15.5. The molecule has 2 aromatic rings. The Morgan fingerprint density at radius 2 is 1.90 bits per heavy atom. The number of aromatic carboxylic acids is 1. The van der Waals surface area contributed by atoms with Gasteiger partial charge in [-0.05, 0) is 36.8 Å². The Balaban J connectivity index is 2.12. The average molecular weight is 306 g/mol. The molecule has 0 fully saturated rings. The molecule has 0 saturated carbocycles. The number of aromatic nitrogens is 1. The van der Waals surface area contributed by atoms with Crippen LogP contribution in [0.3, 0.4) is 0 Å². The van der Waals surface area contributed by atoms with Gasteiger partial charge in [-0.15, -0.1) is 0 Å². The van der Waals surface area contributed by atoms with E-state index in [1.54, 1.807) is 19.1 Å². The summed E-state index contributed by atoms with van der Waals surface area (Å²) in [6.45, 7) is 1.77. The molecule has 0 aliphatic carbocycles. The van der Waals surface area contributed by atoms with Crippen LogP contribution in [0.1, 0.15) is 21.6 Å². The molecule has 0 saturated heterocycles. The minimum atomic E-state index is -3.56. The third-order valence-electron chi connectivity index (χ3n) is 2.73. The predicted molar refractivity (Wildman–Crippen MR) is 78.6 cm³/mol. The summed E-state index contributed by atoms with van der Waals surface area (Å²) < 4.78 is 26.6. The summed E-state index contributed by atoms with van der Waals surface area (Å²) in [5, 5.41) is 8.79. The van der Waals surface area contributed by atoms with E-state index in [1.165, 1.54) is 30.5 Å². The maximum Gasteiger partial charge on any atom is 0.335 e. The van der Waals surface area contributed by atoms with E-state index in [0.29, 0.717) is 16.9 Å². The monoisotopic (exact) mass is 306 g/mol. The molecule has 0 spiro atoms. The first-order chi connectivity index (χ1) is 9.85. The van der Waals surface area contributed by atoms with Gasteiger partial charge >= 0.3 is 5.97 Å². The van der Waals surface area contributed by atoms with E-state index in [2.05, 4.69) is 9.71 Å². The van der Waals surface area contributed by atoms with Crippen molar-refractivity contribution < 1.29 is 18.3 Å². The Labute approximate surface area is 122 Å². The van der Waals surface area contributed by atoms with Gasteiger partial charge in [0, 0.05) is 11.9 Å². The largest absolute Gasteiger partial charge is 0.478 e. The molecule has 0 atom stereocenters. The summed E-state index contributed by atoms with van der Waals surface area (Å²) in [6, 6.07) is 8.93. The van der Waals surface area contributed by atoms with Crippen molar-refractivity contribution in [1.82, 2.24) is 4.98 Å². The molecule has 0 aliphatic rings. The highest BCUT2D eigenvalue weighted by atomic mass is 32.2. The van der Waals surface area contributed by atoms with Gasteiger partial charge in [0.25, 0.3) is 0 Å². The number of nitrogens with one attached hydrogen (secondary N) is 1. The molecule has 0 amide bonds. The van der Waals surface area contributed by atoms with Gasteiger partial charge in [-0.3, -0.25) is 9.71 Å². The number of aryl methyl sites for hydroxylation is 1. The number of pyridine rings is 1. The maximum atomic E-state index is 12.1. The smallest absolute Gasteiger partial charge is 0.335 e. The number of rotatable bonds is 5. The second-order valence-corrected chi connectivity index (χ2v) is 6.27. The Morgan fingerprint density at radius 1 is 1.24 bits per heavy atom. The van der Waals surface area contributed by atoms with Gasteiger partial charge in [-0.2, -0.15) is 0 Å². The van der Waals surface area contributed by atoms with Crippen LogP contribution in [0.15, 0.2) is 42.6 Å². The minimum absolute atomic E-state index is 0.119. The lowest BCUT2D eigenvalue weighted by Gasteiger charge is -2.08. The molecule has 1 aromatic carbocycles.